The smallest absolute Gasteiger partial charge is 0.338 e. The zero-order chi connectivity index (χ0) is 10.4. The zero-order valence-corrected chi connectivity index (χ0v) is 7.80. The lowest BCUT2D eigenvalue weighted by atomic mass is 10.1. The number of hydrogen-bond acceptors (Lipinski definition) is 4. The standard InChI is InChI=1S/C10H11NO3/c1-2-14-10(12)9-6-4-3-5-8(9)7-11-13/h3-7,13H,2H2,1H3/b11-7+. The first-order chi connectivity index (χ1) is 6.79. The number of carbonyl (C=O) groups is 1. The first-order valence-corrected chi connectivity index (χ1v) is 4.23. The fourth-order valence-electron chi connectivity index (χ4n) is 1.07. The molecule has 4 heteroatoms. The van der Waals surface area contributed by atoms with Crippen LogP contribution in [0.1, 0.15) is 22.8 Å². The number of hydrogen-bond donors (Lipinski definition) is 1. The van der Waals surface area contributed by atoms with Gasteiger partial charge in [0.1, 0.15) is 0 Å². The Morgan fingerprint density at radius 3 is 2.93 bits per heavy atom. The fourth-order valence-corrected chi connectivity index (χ4v) is 1.07. The fraction of sp³-hybridized carbons (Fsp3) is 0.200. The van der Waals surface area contributed by atoms with E-state index in [1.54, 1.807) is 31.2 Å². The van der Waals surface area contributed by atoms with Crippen LogP contribution in [0, 0.1) is 0 Å². The molecule has 4 nitrogen and oxygen atoms in total. The summed E-state index contributed by atoms with van der Waals surface area (Å²) in [5.74, 6) is -0.414. The topological polar surface area (TPSA) is 58.9 Å². The second kappa shape index (κ2) is 5.01. The molecule has 1 N–H and O–H groups in total. The number of carbonyl (C=O) groups excluding carboxylic acids is 1. The molecule has 0 spiro atoms. The summed E-state index contributed by atoms with van der Waals surface area (Å²) in [5.41, 5.74) is 0.931. The SMILES string of the molecule is CCOC(=O)c1ccccc1/C=N/O. The van der Waals surface area contributed by atoms with Gasteiger partial charge in [-0.3, -0.25) is 0 Å². The van der Waals surface area contributed by atoms with Gasteiger partial charge in [-0.2, -0.15) is 0 Å². The summed E-state index contributed by atoms with van der Waals surface area (Å²) < 4.78 is 4.83. The van der Waals surface area contributed by atoms with E-state index in [9.17, 15) is 4.79 Å². The van der Waals surface area contributed by atoms with Gasteiger partial charge in [-0.15, -0.1) is 0 Å². The van der Waals surface area contributed by atoms with E-state index in [2.05, 4.69) is 5.16 Å². The van der Waals surface area contributed by atoms with Crippen LogP contribution < -0.4 is 0 Å². The van der Waals surface area contributed by atoms with Crippen LogP contribution >= 0.6 is 0 Å². The van der Waals surface area contributed by atoms with Crippen LogP contribution in [-0.2, 0) is 4.74 Å². The van der Waals surface area contributed by atoms with Gasteiger partial charge in [0.05, 0.1) is 18.4 Å². The number of ether oxygens (including phenoxy) is 1. The Labute approximate surface area is 81.8 Å². The molecule has 0 unspecified atom stereocenters. The molecule has 0 fully saturated rings. The van der Waals surface area contributed by atoms with Crippen molar-refractivity contribution in [2.75, 3.05) is 6.61 Å². The van der Waals surface area contributed by atoms with Gasteiger partial charge in [-0.1, -0.05) is 23.4 Å². The summed E-state index contributed by atoms with van der Waals surface area (Å²) in [7, 11) is 0. The van der Waals surface area contributed by atoms with E-state index in [1.165, 1.54) is 6.21 Å². The Bertz CT molecular complexity index is 347. The quantitative estimate of drug-likeness (QED) is 0.344. The minimum Gasteiger partial charge on any atom is -0.462 e. The minimum atomic E-state index is -0.414. The van der Waals surface area contributed by atoms with E-state index in [4.69, 9.17) is 9.94 Å². The molecule has 0 aliphatic carbocycles. The van der Waals surface area contributed by atoms with Crippen LogP contribution in [0.4, 0.5) is 0 Å². The van der Waals surface area contributed by atoms with Gasteiger partial charge in [0.15, 0.2) is 0 Å². The first-order valence-electron chi connectivity index (χ1n) is 4.23. The number of nitrogens with zero attached hydrogens (tertiary/aromatic N) is 1. The van der Waals surface area contributed by atoms with E-state index in [1.807, 2.05) is 0 Å². The predicted molar refractivity (Wildman–Crippen MR) is 51.8 cm³/mol. The molecule has 14 heavy (non-hydrogen) atoms. The number of esters is 1. The Morgan fingerprint density at radius 2 is 2.29 bits per heavy atom. The van der Waals surface area contributed by atoms with Crippen LogP contribution in [0.3, 0.4) is 0 Å². The molecule has 0 atom stereocenters. The average molecular weight is 193 g/mol. The summed E-state index contributed by atoms with van der Waals surface area (Å²) in [6.07, 6.45) is 1.20. The van der Waals surface area contributed by atoms with Crippen molar-refractivity contribution in [3.8, 4) is 0 Å². The Morgan fingerprint density at radius 1 is 1.57 bits per heavy atom. The van der Waals surface area contributed by atoms with Gasteiger partial charge < -0.3 is 9.94 Å². The van der Waals surface area contributed by atoms with Crippen molar-refractivity contribution < 1.29 is 14.7 Å². The number of benzene rings is 1. The highest BCUT2D eigenvalue weighted by Crippen LogP contribution is 2.07. The second-order valence-electron chi connectivity index (χ2n) is 2.55. The molecule has 0 saturated heterocycles. The van der Waals surface area contributed by atoms with Crippen molar-refractivity contribution in [3.63, 3.8) is 0 Å². The predicted octanol–water partition coefficient (Wildman–Crippen LogP) is 1.67. The highest BCUT2D eigenvalue weighted by Gasteiger charge is 2.09. The zero-order valence-electron chi connectivity index (χ0n) is 7.80. The lowest BCUT2D eigenvalue weighted by Crippen LogP contribution is -2.07. The van der Waals surface area contributed by atoms with E-state index in [-0.39, 0.29) is 0 Å². The molecule has 0 radical (unpaired) electrons. The molecule has 0 bridgehead atoms. The molecule has 1 aromatic rings. The molecule has 0 aliphatic heterocycles. The molecule has 0 aliphatic rings. The van der Waals surface area contributed by atoms with Gasteiger partial charge in [-0.25, -0.2) is 4.79 Å². The maximum absolute atomic E-state index is 11.4. The third-order valence-corrected chi connectivity index (χ3v) is 1.65. The molecule has 0 heterocycles. The van der Waals surface area contributed by atoms with Crippen molar-refractivity contribution >= 4 is 12.2 Å². The van der Waals surface area contributed by atoms with Gasteiger partial charge in [-0.05, 0) is 13.0 Å². The molecule has 1 aromatic carbocycles. The minimum absolute atomic E-state index is 0.323. The maximum Gasteiger partial charge on any atom is 0.338 e. The van der Waals surface area contributed by atoms with Crippen molar-refractivity contribution in [2.24, 2.45) is 5.16 Å². The van der Waals surface area contributed by atoms with E-state index >= 15 is 0 Å². The molecule has 74 valence electrons. The van der Waals surface area contributed by atoms with Gasteiger partial charge in [0, 0.05) is 5.56 Å². The summed E-state index contributed by atoms with van der Waals surface area (Å²) in [6, 6.07) is 6.77. The monoisotopic (exact) mass is 193 g/mol. The Balaban J connectivity index is 3.00. The normalized spacial score (nSPS) is 10.4. The first kappa shape index (κ1) is 10.2. The molecule has 0 amide bonds. The Hall–Kier alpha value is -1.84. The van der Waals surface area contributed by atoms with E-state index in [0.717, 1.165) is 0 Å². The molecular weight excluding hydrogens is 182 g/mol. The lowest BCUT2D eigenvalue weighted by Gasteiger charge is -2.03. The van der Waals surface area contributed by atoms with E-state index < -0.39 is 5.97 Å². The summed E-state index contributed by atoms with van der Waals surface area (Å²) in [5, 5.41) is 11.2. The van der Waals surface area contributed by atoms with Crippen molar-refractivity contribution in [2.45, 2.75) is 6.92 Å². The van der Waals surface area contributed by atoms with Crippen LogP contribution in [0.25, 0.3) is 0 Å². The maximum atomic E-state index is 11.4. The second-order valence-corrected chi connectivity index (χ2v) is 2.55. The largest absolute Gasteiger partial charge is 0.462 e. The van der Waals surface area contributed by atoms with Gasteiger partial charge >= 0.3 is 5.97 Å². The number of oxime groups is 1. The lowest BCUT2D eigenvalue weighted by molar-refractivity contribution is 0.0526. The number of rotatable bonds is 3. The van der Waals surface area contributed by atoms with Crippen molar-refractivity contribution in [3.05, 3.63) is 35.4 Å². The molecule has 0 aromatic heterocycles. The average Bonchev–Trinajstić information content (AvgIpc) is 2.19. The Kier molecular flexibility index (Phi) is 3.67. The molecule has 1 rings (SSSR count). The highest BCUT2D eigenvalue weighted by molar-refractivity contribution is 5.99. The third kappa shape index (κ3) is 2.32. The van der Waals surface area contributed by atoms with Gasteiger partial charge in [0.25, 0.3) is 0 Å². The summed E-state index contributed by atoms with van der Waals surface area (Å²) in [4.78, 5) is 11.4. The van der Waals surface area contributed by atoms with Crippen LogP contribution in [0.2, 0.25) is 0 Å². The van der Waals surface area contributed by atoms with Gasteiger partial charge in [0.2, 0.25) is 0 Å². The summed E-state index contributed by atoms with van der Waals surface area (Å²) in [6.45, 7) is 2.06. The van der Waals surface area contributed by atoms with Crippen LogP contribution in [-0.4, -0.2) is 24.0 Å². The summed E-state index contributed by atoms with van der Waals surface area (Å²) >= 11 is 0. The van der Waals surface area contributed by atoms with Crippen LogP contribution in [0.15, 0.2) is 29.4 Å². The molecule has 0 saturated carbocycles. The highest BCUT2D eigenvalue weighted by atomic mass is 16.5. The van der Waals surface area contributed by atoms with Crippen LogP contribution in [0.5, 0.6) is 0 Å². The van der Waals surface area contributed by atoms with Crippen molar-refractivity contribution in [1.29, 1.82) is 0 Å². The third-order valence-electron chi connectivity index (χ3n) is 1.65. The van der Waals surface area contributed by atoms with E-state index in [0.29, 0.717) is 17.7 Å². The molecular formula is C10H11NO3. The van der Waals surface area contributed by atoms with Crippen molar-refractivity contribution in [1.82, 2.24) is 0 Å².